The van der Waals surface area contributed by atoms with Crippen molar-refractivity contribution >= 4 is 11.8 Å². The van der Waals surface area contributed by atoms with Crippen molar-refractivity contribution in [2.24, 2.45) is 0 Å². The Morgan fingerprint density at radius 3 is 2.24 bits per heavy atom. The van der Waals surface area contributed by atoms with E-state index in [2.05, 4.69) is 5.32 Å². The van der Waals surface area contributed by atoms with Crippen molar-refractivity contribution in [3.8, 4) is 11.5 Å². The molecule has 0 bridgehead atoms. The third kappa shape index (κ3) is 5.98. The van der Waals surface area contributed by atoms with E-state index in [1.54, 1.807) is 19.1 Å². The first-order chi connectivity index (χ1) is 13.9. The zero-order valence-corrected chi connectivity index (χ0v) is 17.8. The summed E-state index contributed by atoms with van der Waals surface area (Å²) in [6, 6.07) is 12.6. The molecule has 29 heavy (non-hydrogen) atoms. The number of likely N-dealkylation sites (N-methyl/N-ethyl adjacent to an activating group) is 1. The Morgan fingerprint density at radius 2 is 1.69 bits per heavy atom. The van der Waals surface area contributed by atoms with Gasteiger partial charge in [-0.05, 0) is 61.2 Å². The van der Waals surface area contributed by atoms with Crippen LogP contribution >= 0.6 is 0 Å². The number of hydrogen-bond donors (Lipinski definition) is 1. The number of amides is 2. The molecule has 0 saturated heterocycles. The van der Waals surface area contributed by atoms with Crippen molar-refractivity contribution < 1.29 is 19.1 Å². The van der Waals surface area contributed by atoms with E-state index in [1.807, 2.05) is 63.2 Å². The maximum atomic E-state index is 13.0. The van der Waals surface area contributed by atoms with Crippen LogP contribution in [0.4, 0.5) is 0 Å². The topological polar surface area (TPSA) is 67.9 Å². The summed E-state index contributed by atoms with van der Waals surface area (Å²) in [5, 5.41) is 2.65. The minimum atomic E-state index is -0.571. The number of rotatable bonds is 9. The minimum Gasteiger partial charge on any atom is -0.497 e. The summed E-state index contributed by atoms with van der Waals surface area (Å²) in [7, 11) is 3.18. The Hall–Kier alpha value is -3.02. The van der Waals surface area contributed by atoms with Crippen molar-refractivity contribution in [2.75, 3.05) is 20.8 Å². The number of methoxy groups -OCH3 is 1. The van der Waals surface area contributed by atoms with Crippen LogP contribution in [-0.4, -0.2) is 43.5 Å². The molecule has 0 aliphatic rings. The van der Waals surface area contributed by atoms with Crippen molar-refractivity contribution in [1.82, 2.24) is 10.2 Å². The average molecular weight is 399 g/mol. The Labute approximate surface area is 172 Å². The molecule has 1 atom stereocenters. The molecule has 0 fully saturated rings. The lowest BCUT2D eigenvalue weighted by molar-refractivity contribution is -0.142. The van der Waals surface area contributed by atoms with Gasteiger partial charge < -0.3 is 19.7 Å². The molecule has 2 rings (SSSR count). The summed E-state index contributed by atoms with van der Waals surface area (Å²) in [6.07, 6.45) is 0.505. The van der Waals surface area contributed by atoms with Crippen LogP contribution in [0.15, 0.2) is 42.5 Å². The highest BCUT2D eigenvalue weighted by molar-refractivity contribution is 5.88. The molecule has 6 nitrogen and oxygen atoms in total. The second-order valence-electron chi connectivity index (χ2n) is 6.94. The van der Waals surface area contributed by atoms with Gasteiger partial charge in [-0.3, -0.25) is 9.59 Å². The van der Waals surface area contributed by atoms with Crippen molar-refractivity contribution in [3.05, 3.63) is 59.2 Å². The number of benzene rings is 2. The lowest BCUT2D eigenvalue weighted by atomic mass is 10.1. The van der Waals surface area contributed by atoms with Crippen LogP contribution in [0.1, 0.15) is 30.0 Å². The predicted octanol–water partition coefficient (Wildman–Crippen LogP) is 3.24. The SMILES string of the molecule is CC[C@@H](C(=O)NC)N(Cc1ccc(OC)cc1)C(=O)COc1ccc(C)c(C)c1. The van der Waals surface area contributed by atoms with Crippen LogP contribution in [0.3, 0.4) is 0 Å². The number of aryl methyl sites for hydroxylation is 2. The zero-order chi connectivity index (χ0) is 21.4. The molecule has 156 valence electrons. The lowest BCUT2D eigenvalue weighted by Crippen LogP contribution is -2.49. The van der Waals surface area contributed by atoms with E-state index in [1.165, 1.54) is 0 Å². The predicted molar refractivity (Wildman–Crippen MR) is 113 cm³/mol. The third-order valence-electron chi connectivity index (χ3n) is 4.98. The molecule has 2 amide bonds. The first-order valence-corrected chi connectivity index (χ1v) is 9.73. The summed E-state index contributed by atoms with van der Waals surface area (Å²) in [6.45, 7) is 6.09. The van der Waals surface area contributed by atoms with Crippen molar-refractivity contribution in [2.45, 2.75) is 39.8 Å². The van der Waals surface area contributed by atoms with Gasteiger partial charge >= 0.3 is 0 Å². The summed E-state index contributed by atoms with van der Waals surface area (Å²) >= 11 is 0. The van der Waals surface area contributed by atoms with Crippen molar-refractivity contribution in [1.29, 1.82) is 0 Å². The largest absolute Gasteiger partial charge is 0.497 e. The summed E-state index contributed by atoms with van der Waals surface area (Å²) in [4.78, 5) is 27.0. The standard InChI is InChI=1S/C23H30N2O4/c1-6-21(23(27)24-4)25(14-18-8-11-19(28-5)12-9-18)22(26)15-29-20-10-7-16(2)17(3)13-20/h7-13,21H,6,14-15H2,1-5H3,(H,24,27)/t21-/m0/s1. The van der Waals surface area contributed by atoms with Gasteiger partial charge in [0.15, 0.2) is 6.61 Å². The Balaban J connectivity index is 2.18. The van der Waals surface area contributed by atoms with E-state index >= 15 is 0 Å². The molecular formula is C23H30N2O4. The van der Waals surface area contributed by atoms with Crippen molar-refractivity contribution in [3.63, 3.8) is 0 Å². The van der Waals surface area contributed by atoms with Crippen LogP contribution < -0.4 is 14.8 Å². The van der Waals surface area contributed by atoms with E-state index in [4.69, 9.17) is 9.47 Å². The highest BCUT2D eigenvalue weighted by atomic mass is 16.5. The van der Waals surface area contributed by atoms with Gasteiger partial charge in [-0.15, -0.1) is 0 Å². The second kappa shape index (κ2) is 10.5. The zero-order valence-electron chi connectivity index (χ0n) is 17.8. The number of carbonyl (C=O) groups is 2. The normalized spacial score (nSPS) is 11.5. The Kier molecular flexibility index (Phi) is 8.07. The fraction of sp³-hybridized carbons (Fsp3) is 0.391. The Bertz CT molecular complexity index is 833. The maximum absolute atomic E-state index is 13.0. The molecule has 0 aliphatic heterocycles. The van der Waals surface area contributed by atoms with Gasteiger partial charge in [0.2, 0.25) is 5.91 Å². The first-order valence-electron chi connectivity index (χ1n) is 9.73. The quantitative estimate of drug-likeness (QED) is 0.704. The first kappa shape index (κ1) is 22.3. The molecule has 0 saturated carbocycles. The molecule has 0 aromatic heterocycles. The molecule has 0 unspecified atom stereocenters. The molecule has 0 radical (unpaired) electrons. The molecular weight excluding hydrogens is 368 g/mol. The van der Waals surface area contributed by atoms with E-state index < -0.39 is 6.04 Å². The number of nitrogens with one attached hydrogen (secondary N) is 1. The molecule has 6 heteroatoms. The van der Waals surface area contributed by atoms with Gasteiger partial charge in [0.1, 0.15) is 17.5 Å². The monoisotopic (exact) mass is 398 g/mol. The third-order valence-corrected chi connectivity index (χ3v) is 4.98. The molecule has 0 spiro atoms. The van der Waals surface area contributed by atoms with E-state index in [-0.39, 0.29) is 18.4 Å². The molecule has 2 aromatic rings. The van der Waals surface area contributed by atoms with Gasteiger partial charge in [-0.2, -0.15) is 0 Å². The summed E-state index contributed by atoms with van der Waals surface area (Å²) in [5.41, 5.74) is 3.17. The van der Waals surface area contributed by atoms with Crippen LogP contribution in [-0.2, 0) is 16.1 Å². The molecule has 2 aromatic carbocycles. The smallest absolute Gasteiger partial charge is 0.261 e. The van der Waals surface area contributed by atoms with Crippen LogP contribution in [0.5, 0.6) is 11.5 Å². The number of carbonyl (C=O) groups excluding carboxylic acids is 2. The van der Waals surface area contributed by atoms with E-state index in [9.17, 15) is 9.59 Å². The Morgan fingerprint density at radius 1 is 1.03 bits per heavy atom. The fourth-order valence-corrected chi connectivity index (χ4v) is 3.05. The van der Waals surface area contributed by atoms with Crippen LogP contribution in [0.25, 0.3) is 0 Å². The minimum absolute atomic E-state index is 0.133. The highest BCUT2D eigenvalue weighted by Crippen LogP contribution is 2.19. The number of ether oxygens (including phenoxy) is 2. The fourth-order valence-electron chi connectivity index (χ4n) is 3.05. The van der Waals surface area contributed by atoms with E-state index in [0.29, 0.717) is 18.7 Å². The molecule has 0 aliphatic carbocycles. The average Bonchev–Trinajstić information content (AvgIpc) is 2.74. The maximum Gasteiger partial charge on any atom is 0.261 e. The summed E-state index contributed by atoms with van der Waals surface area (Å²) in [5.74, 6) is 0.942. The van der Waals surface area contributed by atoms with Gasteiger partial charge in [0, 0.05) is 13.6 Å². The van der Waals surface area contributed by atoms with E-state index in [0.717, 1.165) is 22.4 Å². The van der Waals surface area contributed by atoms with Crippen LogP contribution in [0, 0.1) is 13.8 Å². The number of hydrogen-bond acceptors (Lipinski definition) is 4. The van der Waals surface area contributed by atoms with Gasteiger partial charge in [-0.1, -0.05) is 25.1 Å². The molecule has 0 heterocycles. The van der Waals surface area contributed by atoms with Gasteiger partial charge in [0.05, 0.1) is 7.11 Å². The second-order valence-corrected chi connectivity index (χ2v) is 6.94. The van der Waals surface area contributed by atoms with Gasteiger partial charge in [-0.25, -0.2) is 0 Å². The highest BCUT2D eigenvalue weighted by Gasteiger charge is 2.28. The van der Waals surface area contributed by atoms with Crippen LogP contribution in [0.2, 0.25) is 0 Å². The summed E-state index contributed by atoms with van der Waals surface area (Å²) < 4.78 is 10.9. The van der Waals surface area contributed by atoms with Gasteiger partial charge in [0.25, 0.3) is 5.91 Å². The number of nitrogens with zero attached hydrogens (tertiary/aromatic N) is 1. The molecule has 1 N–H and O–H groups in total. The lowest BCUT2D eigenvalue weighted by Gasteiger charge is -2.30.